The van der Waals surface area contributed by atoms with Gasteiger partial charge in [0, 0.05) is 44.6 Å². The van der Waals surface area contributed by atoms with Crippen molar-refractivity contribution in [2.24, 2.45) is 5.92 Å². The van der Waals surface area contributed by atoms with E-state index in [4.69, 9.17) is 0 Å². The molecule has 0 aliphatic carbocycles. The Labute approximate surface area is 184 Å². The zero-order valence-corrected chi connectivity index (χ0v) is 17.7. The maximum absolute atomic E-state index is 13.4. The lowest BCUT2D eigenvalue weighted by atomic mass is 9.96. The van der Waals surface area contributed by atoms with E-state index in [1.54, 1.807) is 27.7 Å². The van der Waals surface area contributed by atoms with E-state index in [2.05, 4.69) is 10.1 Å². The van der Waals surface area contributed by atoms with E-state index in [-0.39, 0.29) is 24.2 Å². The smallest absolute Gasteiger partial charge is 0.355 e. The van der Waals surface area contributed by atoms with Crippen LogP contribution >= 0.6 is 0 Å². The number of benzene rings is 1. The molecular weight excluding hydrogens is 419 g/mol. The summed E-state index contributed by atoms with van der Waals surface area (Å²) in [6.07, 6.45) is 1.72. The second-order valence-electron chi connectivity index (χ2n) is 7.98. The lowest BCUT2D eigenvalue weighted by molar-refractivity contribution is -0.137. The summed E-state index contributed by atoms with van der Waals surface area (Å²) < 4.78 is 42.0. The first-order chi connectivity index (χ1) is 15.3. The molecule has 0 spiro atoms. The van der Waals surface area contributed by atoms with Gasteiger partial charge in [-0.05, 0) is 37.1 Å². The third-order valence-electron chi connectivity index (χ3n) is 5.62. The number of pyridine rings is 1. The Hall–Kier alpha value is -3.36. The lowest BCUT2D eigenvalue weighted by Gasteiger charge is -2.35. The van der Waals surface area contributed by atoms with Crippen LogP contribution in [0.3, 0.4) is 0 Å². The molecule has 1 saturated heterocycles. The number of anilines is 1. The van der Waals surface area contributed by atoms with E-state index >= 15 is 0 Å². The molecule has 32 heavy (non-hydrogen) atoms. The summed E-state index contributed by atoms with van der Waals surface area (Å²) in [6.45, 7) is 1.03. The van der Waals surface area contributed by atoms with Gasteiger partial charge in [-0.25, -0.2) is 9.67 Å². The Morgan fingerprint density at radius 1 is 1.19 bits per heavy atom. The van der Waals surface area contributed by atoms with Crippen LogP contribution in [-0.2, 0) is 17.5 Å². The van der Waals surface area contributed by atoms with Gasteiger partial charge in [-0.15, -0.1) is 0 Å². The maximum Gasteiger partial charge on any atom is 0.419 e. The predicted octanol–water partition coefficient (Wildman–Crippen LogP) is 4.16. The number of piperidine rings is 1. The second kappa shape index (κ2) is 9.02. The van der Waals surface area contributed by atoms with Crippen molar-refractivity contribution in [3.05, 3.63) is 72.2 Å². The van der Waals surface area contributed by atoms with E-state index in [1.807, 2.05) is 36.5 Å². The number of aromatic nitrogens is 3. The van der Waals surface area contributed by atoms with Gasteiger partial charge in [0.15, 0.2) is 0 Å². The van der Waals surface area contributed by atoms with Gasteiger partial charge in [0.2, 0.25) is 5.91 Å². The molecule has 168 valence electrons. The molecule has 0 N–H and O–H groups in total. The highest BCUT2D eigenvalue weighted by Crippen LogP contribution is 2.36. The number of nitrogens with zero attached hydrogens (tertiary/aromatic N) is 5. The molecule has 1 unspecified atom stereocenters. The number of alkyl halides is 3. The molecule has 1 fully saturated rings. The fourth-order valence-electron chi connectivity index (χ4n) is 4.07. The first kappa shape index (κ1) is 21.9. The molecule has 0 saturated carbocycles. The van der Waals surface area contributed by atoms with Gasteiger partial charge in [-0.3, -0.25) is 4.79 Å². The number of carbonyl (C=O) groups excluding carboxylic acids is 1. The van der Waals surface area contributed by atoms with Crippen LogP contribution in [-0.4, -0.2) is 45.7 Å². The number of para-hydroxylation sites is 1. The first-order valence-electron chi connectivity index (χ1n) is 10.4. The SMILES string of the molecule is CN(Cc1cnn(-c2ccccc2)c1)C(=O)C1CCCN(c2ncccc2C(F)(F)F)C1. The number of amides is 1. The summed E-state index contributed by atoms with van der Waals surface area (Å²) in [7, 11) is 1.71. The van der Waals surface area contributed by atoms with Crippen molar-refractivity contribution >= 4 is 11.7 Å². The van der Waals surface area contributed by atoms with E-state index in [9.17, 15) is 18.0 Å². The van der Waals surface area contributed by atoms with Gasteiger partial charge in [0.1, 0.15) is 5.82 Å². The van der Waals surface area contributed by atoms with Crippen molar-refractivity contribution < 1.29 is 18.0 Å². The Bertz CT molecular complexity index is 1070. The van der Waals surface area contributed by atoms with Crippen molar-refractivity contribution in [3.63, 3.8) is 0 Å². The third kappa shape index (κ3) is 4.76. The Kier molecular flexibility index (Phi) is 6.16. The Balaban J connectivity index is 1.43. The molecule has 4 rings (SSSR count). The van der Waals surface area contributed by atoms with Crippen molar-refractivity contribution in [1.82, 2.24) is 19.7 Å². The van der Waals surface area contributed by atoms with Gasteiger partial charge >= 0.3 is 6.18 Å². The summed E-state index contributed by atoms with van der Waals surface area (Å²) in [5.74, 6) is -0.586. The Morgan fingerprint density at radius 3 is 2.72 bits per heavy atom. The number of hydrogen-bond donors (Lipinski definition) is 0. The van der Waals surface area contributed by atoms with Crippen LogP contribution in [0.25, 0.3) is 5.69 Å². The first-order valence-corrected chi connectivity index (χ1v) is 10.4. The number of rotatable bonds is 5. The zero-order chi connectivity index (χ0) is 22.7. The molecule has 6 nitrogen and oxygen atoms in total. The van der Waals surface area contributed by atoms with Crippen LogP contribution in [0.1, 0.15) is 24.0 Å². The minimum atomic E-state index is -4.49. The molecule has 1 amide bonds. The molecule has 0 bridgehead atoms. The normalized spacial score (nSPS) is 16.8. The van der Waals surface area contributed by atoms with Crippen LogP contribution in [0.5, 0.6) is 0 Å². The van der Waals surface area contributed by atoms with Crippen LogP contribution < -0.4 is 4.90 Å². The van der Waals surface area contributed by atoms with Crippen molar-refractivity contribution in [1.29, 1.82) is 0 Å². The topological polar surface area (TPSA) is 54.3 Å². The van der Waals surface area contributed by atoms with Gasteiger partial charge in [0.25, 0.3) is 0 Å². The molecule has 3 heterocycles. The molecule has 1 aliphatic heterocycles. The second-order valence-corrected chi connectivity index (χ2v) is 7.98. The number of carbonyl (C=O) groups is 1. The lowest BCUT2D eigenvalue weighted by Crippen LogP contribution is -2.44. The van der Waals surface area contributed by atoms with Gasteiger partial charge < -0.3 is 9.80 Å². The van der Waals surface area contributed by atoms with Gasteiger partial charge in [-0.2, -0.15) is 18.3 Å². The summed E-state index contributed by atoms with van der Waals surface area (Å²) in [4.78, 5) is 20.2. The maximum atomic E-state index is 13.4. The van der Waals surface area contributed by atoms with Crippen LogP contribution in [0.15, 0.2) is 61.1 Å². The third-order valence-corrected chi connectivity index (χ3v) is 5.62. The molecule has 9 heteroatoms. The van der Waals surface area contributed by atoms with Gasteiger partial charge in [0.05, 0.1) is 23.4 Å². The summed E-state index contributed by atoms with van der Waals surface area (Å²) in [6, 6.07) is 12.0. The van der Waals surface area contributed by atoms with Crippen LogP contribution in [0.4, 0.5) is 19.0 Å². The van der Waals surface area contributed by atoms with Crippen molar-refractivity contribution in [2.45, 2.75) is 25.6 Å². The average Bonchev–Trinajstić information content (AvgIpc) is 3.27. The fourth-order valence-corrected chi connectivity index (χ4v) is 4.07. The minimum absolute atomic E-state index is 0.0911. The van der Waals surface area contributed by atoms with E-state index in [0.717, 1.165) is 17.3 Å². The van der Waals surface area contributed by atoms with E-state index in [0.29, 0.717) is 25.9 Å². The quantitative estimate of drug-likeness (QED) is 0.594. The van der Waals surface area contributed by atoms with Crippen molar-refractivity contribution in [3.8, 4) is 5.69 Å². The van der Waals surface area contributed by atoms with Crippen LogP contribution in [0, 0.1) is 5.92 Å². The highest BCUT2D eigenvalue weighted by atomic mass is 19.4. The number of halogens is 3. The molecule has 1 aromatic carbocycles. The standard InChI is InChI=1S/C23H24F3N5O/c1-29(14-17-13-28-31(15-17)19-8-3-2-4-9-19)22(32)18-7-6-12-30(16-18)21-20(23(24,25)26)10-5-11-27-21/h2-5,8-11,13,15,18H,6-7,12,14,16H2,1H3. The molecule has 1 aliphatic rings. The summed E-state index contributed by atoms with van der Waals surface area (Å²) in [5.41, 5.74) is 1.03. The predicted molar refractivity (Wildman–Crippen MR) is 114 cm³/mol. The molecular formula is C23H24F3N5O. The number of hydrogen-bond acceptors (Lipinski definition) is 4. The van der Waals surface area contributed by atoms with Crippen molar-refractivity contribution in [2.75, 3.05) is 25.0 Å². The zero-order valence-electron chi connectivity index (χ0n) is 17.7. The highest BCUT2D eigenvalue weighted by molar-refractivity contribution is 5.79. The summed E-state index contributed by atoms with van der Waals surface area (Å²) in [5, 5.41) is 4.35. The van der Waals surface area contributed by atoms with Crippen LogP contribution in [0.2, 0.25) is 0 Å². The Morgan fingerprint density at radius 2 is 1.97 bits per heavy atom. The molecule has 3 aromatic rings. The molecule has 1 atom stereocenters. The largest absolute Gasteiger partial charge is 0.419 e. The molecule has 2 aromatic heterocycles. The van der Waals surface area contributed by atoms with Gasteiger partial charge in [-0.1, -0.05) is 18.2 Å². The monoisotopic (exact) mass is 443 g/mol. The van der Waals surface area contributed by atoms with E-state index < -0.39 is 11.7 Å². The minimum Gasteiger partial charge on any atom is -0.355 e. The summed E-state index contributed by atoms with van der Waals surface area (Å²) >= 11 is 0. The van der Waals surface area contributed by atoms with E-state index in [1.165, 1.54) is 12.3 Å². The fraction of sp³-hybridized carbons (Fsp3) is 0.348. The average molecular weight is 443 g/mol. The molecule has 0 radical (unpaired) electrons. The highest BCUT2D eigenvalue weighted by Gasteiger charge is 2.37.